The van der Waals surface area contributed by atoms with Crippen LogP contribution in [-0.2, 0) is 17.9 Å². The molecule has 0 spiro atoms. The molecule has 2 heterocycles. The number of imidazole rings is 1. The quantitative estimate of drug-likeness (QED) is 0.235. The SMILES string of the molecule is Cc1cc2c(cc1-c1n(-c3c(C)cccc3C)cc[n+]1C)-c1cc3ncccc3cc1C(C)(C)C2(C)C. The Hall–Kier alpha value is -3.72. The summed E-state index contributed by atoms with van der Waals surface area (Å²) in [4.78, 5) is 4.72. The van der Waals surface area contributed by atoms with E-state index in [0.29, 0.717) is 0 Å². The maximum absolute atomic E-state index is 4.72. The number of fused-ring (bicyclic) bond motifs is 4. The first-order chi connectivity index (χ1) is 17.5. The van der Waals surface area contributed by atoms with Gasteiger partial charge in [0.1, 0.15) is 18.1 Å². The number of benzene rings is 3. The molecule has 0 saturated heterocycles. The van der Waals surface area contributed by atoms with Crippen LogP contribution in [-0.4, -0.2) is 9.55 Å². The minimum absolute atomic E-state index is 0.0313. The normalized spacial score (nSPS) is 15.5. The van der Waals surface area contributed by atoms with Crippen LogP contribution in [0, 0.1) is 20.8 Å². The minimum atomic E-state index is -0.0364. The summed E-state index contributed by atoms with van der Waals surface area (Å²) >= 11 is 0. The Kier molecular flexibility index (Phi) is 5.04. The number of nitrogens with zero attached hydrogens (tertiary/aromatic N) is 3. The molecule has 5 aromatic rings. The van der Waals surface area contributed by atoms with Crippen LogP contribution in [0.25, 0.3) is 39.1 Å². The lowest BCUT2D eigenvalue weighted by atomic mass is 9.55. The van der Waals surface area contributed by atoms with Crippen LogP contribution in [0.5, 0.6) is 0 Å². The van der Waals surface area contributed by atoms with Crippen molar-refractivity contribution < 1.29 is 4.57 Å². The summed E-state index contributed by atoms with van der Waals surface area (Å²) in [5.41, 5.74) is 12.8. The molecule has 0 radical (unpaired) electrons. The highest BCUT2D eigenvalue weighted by atomic mass is 15.1. The largest absolute Gasteiger partial charge is 0.294 e. The van der Waals surface area contributed by atoms with Gasteiger partial charge in [0.15, 0.2) is 0 Å². The zero-order chi connectivity index (χ0) is 26.3. The highest BCUT2D eigenvalue weighted by Gasteiger charge is 2.46. The van der Waals surface area contributed by atoms with Crippen molar-refractivity contribution >= 4 is 10.9 Å². The first-order valence-corrected chi connectivity index (χ1v) is 13.2. The van der Waals surface area contributed by atoms with Crippen LogP contribution < -0.4 is 4.57 Å². The first-order valence-electron chi connectivity index (χ1n) is 13.2. The van der Waals surface area contributed by atoms with Gasteiger partial charge < -0.3 is 0 Å². The average molecular weight is 487 g/mol. The molecular weight excluding hydrogens is 450 g/mol. The third kappa shape index (κ3) is 3.26. The van der Waals surface area contributed by atoms with Crippen LogP contribution in [0.4, 0.5) is 0 Å². The molecule has 0 bridgehead atoms. The highest BCUT2D eigenvalue weighted by molar-refractivity contribution is 5.91. The fourth-order valence-electron chi connectivity index (χ4n) is 6.39. The second-order valence-electron chi connectivity index (χ2n) is 11.9. The number of rotatable bonds is 2. The van der Waals surface area contributed by atoms with Gasteiger partial charge >= 0.3 is 0 Å². The van der Waals surface area contributed by atoms with Gasteiger partial charge in [-0.15, -0.1) is 0 Å². The summed E-state index contributed by atoms with van der Waals surface area (Å²) in [6.45, 7) is 16.3. The topological polar surface area (TPSA) is 21.7 Å². The van der Waals surface area contributed by atoms with E-state index in [-0.39, 0.29) is 10.8 Å². The number of hydrogen-bond donors (Lipinski definition) is 0. The van der Waals surface area contributed by atoms with E-state index in [0.717, 1.165) is 5.52 Å². The van der Waals surface area contributed by atoms with Crippen molar-refractivity contribution in [1.82, 2.24) is 9.55 Å². The Balaban J connectivity index is 1.68. The lowest BCUT2D eigenvalue weighted by Gasteiger charge is -2.48. The lowest BCUT2D eigenvalue weighted by Crippen LogP contribution is -2.43. The smallest absolute Gasteiger partial charge is 0.256 e. The Morgan fingerprint density at radius 3 is 2.08 bits per heavy atom. The molecule has 3 aromatic carbocycles. The van der Waals surface area contributed by atoms with Crippen molar-refractivity contribution in [2.24, 2.45) is 7.05 Å². The van der Waals surface area contributed by atoms with Crippen molar-refractivity contribution in [3.8, 4) is 28.2 Å². The second-order valence-corrected chi connectivity index (χ2v) is 11.9. The molecule has 0 N–H and O–H groups in total. The van der Waals surface area contributed by atoms with Gasteiger partial charge in [-0.1, -0.05) is 58.0 Å². The van der Waals surface area contributed by atoms with Crippen molar-refractivity contribution in [2.75, 3.05) is 0 Å². The van der Waals surface area contributed by atoms with Gasteiger partial charge in [0, 0.05) is 11.6 Å². The second kappa shape index (κ2) is 7.89. The molecule has 0 amide bonds. The van der Waals surface area contributed by atoms with Crippen molar-refractivity contribution in [1.29, 1.82) is 0 Å². The summed E-state index contributed by atoms with van der Waals surface area (Å²) in [6.07, 6.45) is 6.26. The predicted molar refractivity (Wildman–Crippen MR) is 153 cm³/mol. The first kappa shape index (κ1) is 23.7. The van der Waals surface area contributed by atoms with E-state index in [1.54, 1.807) is 0 Å². The molecule has 6 rings (SSSR count). The molecule has 2 aromatic heterocycles. The molecule has 0 fully saturated rings. The fourth-order valence-corrected chi connectivity index (χ4v) is 6.39. The number of hydrogen-bond acceptors (Lipinski definition) is 1. The summed E-state index contributed by atoms with van der Waals surface area (Å²) < 4.78 is 4.61. The van der Waals surface area contributed by atoms with E-state index >= 15 is 0 Å². The Morgan fingerprint density at radius 1 is 0.730 bits per heavy atom. The molecular formula is C34H36N3+. The molecule has 3 nitrogen and oxygen atoms in total. The Bertz CT molecular complexity index is 1700. The number of aromatic nitrogens is 3. The van der Waals surface area contributed by atoms with Gasteiger partial charge in [-0.2, -0.15) is 4.57 Å². The lowest BCUT2D eigenvalue weighted by molar-refractivity contribution is -0.659. The van der Waals surface area contributed by atoms with E-state index in [4.69, 9.17) is 4.98 Å². The monoisotopic (exact) mass is 486 g/mol. The molecule has 1 aliphatic rings. The standard InChI is InChI=1S/C34H36N3/c1-21-11-9-12-22(2)31(21)37-16-15-36(8)32(37)25-19-26-27-20-30-24(13-10-14-35-30)18-29(27)34(6,7)33(4,5)28(26)17-23(25)3/h9-20H,1-8H3/q+1. The van der Waals surface area contributed by atoms with E-state index in [1.165, 1.54) is 61.4 Å². The third-order valence-electron chi connectivity index (χ3n) is 9.23. The summed E-state index contributed by atoms with van der Waals surface area (Å²) in [7, 11) is 2.15. The van der Waals surface area contributed by atoms with Crippen LogP contribution in [0.1, 0.15) is 55.5 Å². The molecule has 3 heteroatoms. The summed E-state index contributed by atoms with van der Waals surface area (Å²) in [5.74, 6) is 1.20. The van der Waals surface area contributed by atoms with Crippen molar-refractivity contribution in [3.63, 3.8) is 0 Å². The number of pyridine rings is 1. The Morgan fingerprint density at radius 2 is 1.38 bits per heavy atom. The van der Waals surface area contributed by atoms with Gasteiger partial charge in [-0.25, -0.2) is 4.57 Å². The molecule has 0 unspecified atom stereocenters. The molecule has 0 aliphatic heterocycles. The molecule has 37 heavy (non-hydrogen) atoms. The van der Waals surface area contributed by atoms with Gasteiger partial charge in [0.2, 0.25) is 0 Å². The van der Waals surface area contributed by atoms with Gasteiger partial charge in [-0.05, 0) is 94.8 Å². The fraction of sp³-hybridized carbons (Fsp3) is 0.294. The van der Waals surface area contributed by atoms with Crippen LogP contribution in [0.15, 0.2) is 73.2 Å². The van der Waals surface area contributed by atoms with Gasteiger partial charge in [0.25, 0.3) is 5.82 Å². The van der Waals surface area contributed by atoms with Gasteiger partial charge in [-0.3, -0.25) is 4.98 Å². The maximum Gasteiger partial charge on any atom is 0.294 e. The Labute approximate surface area is 220 Å². The number of para-hydroxylation sites is 1. The zero-order valence-corrected chi connectivity index (χ0v) is 23.3. The molecule has 0 saturated carbocycles. The van der Waals surface area contributed by atoms with Crippen molar-refractivity contribution in [2.45, 2.75) is 59.3 Å². The molecule has 186 valence electrons. The molecule has 0 atom stereocenters. The number of aryl methyl sites for hydroxylation is 4. The third-order valence-corrected chi connectivity index (χ3v) is 9.23. The predicted octanol–water partition coefficient (Wildman–Crippen LogP) is 7.68. The van der Waals surface area contributed by atoms with E-state index in [9.17, 15) is 0 Å². The van der Waals surface area contributed by atoms with Crippen LogP contribution in [0.2, 0.25) is 0 Å². The van der Waals surface area contributed by atoms with Gasteiger partial charge in [0.05, 0.1) is 18.1 Å². The van der Waals surface area contributed by atoms with Crippen molar-refractivity contribution in [3.05, 3.63) is 101 Å². The summed E-state index contributed by atoms with van der Waals surface area (Å²) in [6, 6.07) is 20.3. The maximum atomic E-state index is 4.72. The summed E-state index contributed by atoms with van der Waals surface area (Å²) in [5, 5.41) is 1.20. The van der Waals surface area contributed by atoms with E-state index in [2.05, 4.69) is 126 Å². The average Bonchev–Trinajstić information content (AvgIpc) is 3.22. The van der Waals surface area contributed by atoms with Crippen LogP contribution >= 0.6 is 0 Å². The minimum Gasteiger partial charge on any atom is -0.256 e. The zero-order valence-electron chi connectivity index (χ0n) is 23.3. The van der Waals surface area contributed by atoms with E-state index < -0.39 is 0 Å². The van der Waals surface area contributed by atoms with Crippen LogP contribution in [0.3, 0.4) is 0 Å². The highest BCUT2D eigenvalue weighted by Crippen LogP contribution is 2.55. The van der Waals surface area contributed by atoms with E-state index in [1.807, 2.05) is 12.3 Å². The molecule has 1 aliphatic carbocycles.